The van der Waals surface area contributed by atoms with Crippen LogP contribution in [0.3, 0.4) is 0 Å². The second-order valence-corrected chi connectivity index (χ2v) is 0.532. The Bertz CT molecular complexity index is 69.6. The first-order chi connectivity index (χ1) is 3.46. The number of hydrogen-bond acceptors (Lipinski definition) is 4. The zero-order valence-electron chi connectivity index (χ0n) is 4.73. The molecule has 0 unspecified atom stereocenters. The standard InChI is InChI=1S/2CH2O3.Ca.H2O/c2*2-1(3)4;;/h2*(H2,2,3,4);;1H2/q;;+2;/p-2. The van der Waals surface area contributed by atoms with E-state index < -0.39 is 12.3 Å². The summed E-state index contributed by atoms with van der Waals surface area (Å²) in [5.74, 6) is 0. The molecule has 0 spiro atoms. The summed E-state index contributed by atoms with van der Waals surface area (Å²) in [4.78, 5) is 16.9. The molecule has 0 aliphatic heterocycles. The Morgan fingerprint density at radius 1 is 1.00 bits per heavy atom. The van der Waals surface area contributed by atoms with E-state index in [1.165, 1.54) is 0 Å². The zero-order chi connectivity index (χ0) is 7.15. The van der Waals surface area contributed by atoms with Gasteiger partial charge in [0.2, 0.25) is 12.3 Å². The molecule has 7 nitrogen and oxygen atoms in total. The Kier molecular flexibility index (Phi) is 35.9. The SMILES string of the molecule is O.O=C([O-])O.O=C([O-])O.[Ca+2]. The van der Waals surface area contributed by atoms with E-state index in [-0.39, 0.29) is 43.2 Å². The first kappa shape index (κ1) is 22.6. The normalized spacial score (nSPS) is 4.80. The van der Waals surface area contributed by atoms with Crippen LogP contribution in [0.4, 0.5) is 9.59 Å². The molecule has 4 N–H and O–H groups in total. The maximum atomic E-state index is 8.44. The average Bonchev–Trinajstić information content (AvgIpc) is 1.25. The van der Waals surface area contributed by atoms with Crippen LogP contribution in [0.5, 0.6) is 0 Å². The van der Waals surface area contributed by atoms with E-state index in [0.29, 0.717) is 0 Å². The Morgan fingerprint density at radius 2 is 1.00 bits per heavy atom. The van der Waals surface area contributed by atoms with Gasteiger partial charge in [0.15, 0.2) is 0 Å². The average molecular weight is 180 g/mol. The van der Waals surface area contributed by atoms with Gasteiger partial charge in [0, 0.05) is 0 Å². The fourth-order valence-electron chi connectivity index (χ4n) is 0. The van der Waals surface area contributed by atoms with Crippen molar-refractivity contribution in [1.29, 1.82) is 0 Å². The third-order valence-corrected chi connectivity index (χ3v) is 0. The van der Waals surface area contributed by atoms with Crippen molar-refractivity contribution in [2.75, 3.05) is 0 Å². The molecule has 0 aliphatic carbocycles. The second-order valence-electron chi connectivity index (χ2n) is 0.532. The minimum atomic E-state index is -2.08. The van der Waals surface area contributed by atoms with Crippen LogP contribution in [0.1, 0.15) is 0 Å². The maximum absolute atomic E-state index is 8.44. The molecule has 56 valence electrons. The molecule has 0 bridgehead atoms. The first-order valence-corrected chi connectivity index (χ1v) is 1.26. The fourth-order valence-corrected chi connectivity index (χ4v) is 0. The quantitative estimate of drug-likeness (QED) is 0.370. The summed E-state index contributed by atoms with van der Waals surface area (Å²) >= 11 is 0. The van der Waals surface area contributed by atoms with E-state index in [1.54, 1.807) is 0 Å². The van der Waals surface area contributed by atoms with Gasteiger partial charge in [-0.2, -0.15) is 0 Å². The summed E-state index contributed by atoms with van der Waals surface area (Å²) in [6, 6.07) is 0. The van der Waals surface area contributed by atoms with Crippen molar-refractivity contribution in [3.63, 3.8) is 0 Å². The van der Waals surface area contributed by atoms with E-state index >= 15 is 0 Å². The predicted molar refractivity (Wildman–Crippen MR) is 25.4 cm³/mol. The van der Waals surface area contributed by atoms with E-state index in [0.717, 1.165) is 0 Å². The molecule has 10 heavy (non-hydrogen) atoms. The molecule has 8 heteroatoms. The van der Waals surface area contributed by atoms with Gasteiger partial charge in [-0.25, -0.2) is 0 Å². The molecule has 0 saturated carbocycles. The molecule has 0 rings (SSSR count). The van der Waals surface area contributed by atoms with Crippen LogP contribution in [-0.2, 0) is 0 Å². The number of rotatable bonds is 0. The van der Waals surface area contributed by atoms with Gasteiger partial charge in [-0.15, -0.1) is 0 Å². The second kappa shape index (κ2) is 15.9. The molecule has 0 radical (unpaired) electrons. The van der Waals surface area contributed by atoms with Crippen LogP contribution in [0.2, 0.25) is 0 Å². The molecule has 0 aromatic heterocycles. The molecule has 0 aromatic carbocycles. The Hall–Kier alpha value is -0.240. The van der Waals surface area contributed by atoms with Crippen molar-refractivity contribution >= 4 is 50.0 Å². The zero-order valence-corrected chi connectivity index (χ0v) is 6.94. The Morgan fingerprint density at radius 3 is 1.00 bits per heavy atom. The van der Waals surface area contributed by atoms with Crippen molar-refractivity contribution in [1.82, 2.24) is 0 Å². The smallest absolute Gasteiger partial charge is 0.565 e. The molecular weight excluding hydrogens is 176 g/mol. The molecule has 0 fully saturated rings. The number of carbonyl (C=O) groups is 2. The summed E-state index contributed by atoms with van der Waals surface area (Å²) in [6.07, 6.45) is -4.17. The topological polar surface area (TPSA) is 152 Å². The maximum Gasteiger partial charge on any atom is 2.00 e. The molecular formula is C2H4CaO7. The third-order valence-electron chi connectivity index (χ3n) is 0. The monoisotopic (exact) mass is 180 g/mol. The van der Waals surface area contributed by atoms with Crippen LogP contribution in [-0.4, -0.2) is 65.7 Å². The fraction of sp³-hybridized carbons (Fsp3) is 0. The van der Waals surface area contributed by atoms with Crippen LogP contribution in [0.15, 0.2) is 0 Å². The molecule has 0 aromatic rings. The van der Waals surface area contributed by atoms with E-state index in [4.69, 9.17) is 30.0 Å². The molecule has 0 heterocycles. The van der Waals surface area contributed by atoms with Gasteiger partial charge in [-0.3, -0.25) is 0 Å². The van der Waals surface area contributed by atoms with Gasteiger partial charge in [0.05, 0.1) is 0 Å². The molecule has 0 amide bonds. The summed E-state index contributed by atoms with van der Waals surface area (Å²) in [7, 11) is 0. The van der Waals surface area contributed by atoms with Crippen molar-refractivity contribution in [3.8, 4) is 0 Å². The summed E-state index contributed by atoms with van der Waals surface area (Å²) in [6.45, 7) is 0. The van der Waals surface area contributed by atoms with Gasteiger partial charge >= 0.3 is 37.7 Å². The molecule has 0 atom stereocenters. The van der Waals surface area contributed by atoms with E-state index in [9.17, 15) is 0 Å². The molecule has 0 aliphatic rings. The van der Waals surface area contributed by atoms with Crippen molar-refractivity contribution < 1.29 is 35.5 Å². The largest absolute Gasteiger partial charge is 2.00 e. The summed E-state index contributed by atoms with van der Waals surface area (Å²) < 4.78 is 0. The van der Waals surface area contributed by atoms with Crippen LogP contribution < -0.4 is 10.2 Å². The predicted octanol–water partition coefficient (Wildman–Crippen LogP) is -3.43. The summed E-state index contributed by atoms with van der Waals surface area (Å²) in [5.41, 5.74) is 0. The minimum absolute atomic E-state index is 0. The van der Waals surface area contributed by atoms with Crippen LogP contribution in [0, 0.1) is 0 Å². The van der Waals surface area contributed by atoms with Crippen molar-refractivity contribution in [2.24, 2.45) is 0 Å². The van der Waals surface area contributed by atoms with Crippen LogP contribution in [0.25, 0.3) is 0 Å². The number of carboxylic acid groups (broad SMARTS) is 4. The number of hydrogen-bond donors (Lipinski definition) is 2. The van der Waals surface area contributed by atoms with Gasteiger partial charge in [-0.1, -0.05) is 0 Å². The molecule has 0 saturated heterocycles. The Labute approximate surface area is 85.2 Å². The third kappa shape index (κ3) is 6140. The van der Waals surface area contributed by atoms with Gasteiger partial charge < -0.3 is 35.5 Å². The Balaban J connectivity index is -0.0000000300. The minimum Gasteiger partial charge on any atom is -0.565 e. The summed E-state index contributed by atoms with van der Waals surface area (Å²) in [5, 5.41) is 30.6. The van der Waals surface area contributed by atoms with Gasteiger partial charge in [-0.05, 0) is 0 Å². The first-order valence-electron chi connectivity index (χ1n) is 1.26. The van der Waals surface area contributed by atoms with Gasteiger partial charge in [0.25, 0.3) is 0 Å². The van der Waals surface area contributed by atoms with Crippen molar-refractivity contribution in [3.05, 3.63) is 0 Å². The van der Waals surface area contributed by atoms with E-state index in [2.05, 4.69) is 0 Å². The van der Waals surface area contributed by atoms with Crippen molar-refractivity contribution in [2.45, 2.75) is 0 Å². The van der Waals surface area contributed by atoms with Crippen LogP contribution >= 0.6 is 0 Å². The van der Waals surface area contributed by atoms with Gasteiger partial charge in [0.1, 0.15) is 0 Å². The van der Waals surface area contributed by atoms with E-state index in [1.807, 2.05) is 0 Å².